The summed E-state index contributed by atoms with van der Waals surface area (Å²) in [6, 6.07) is 17.6. The number of rotatable bonds is 6. The first-order valence-electron chi connectivity index (χ1n) is 9.41. The molecule has 0 spiro atoms. The monoisotopic (exact) mass is 364 g/mol. The van der Waals surface area contributed by atoms with Gasteiger partial charge in [0.15, 0.2) is 0 Å². The Morgan fingerprint density at radius 2 is 1.81 bits per heavy atom. The molecule has 1 aliphatic heterocycles. The van der Waals surface area contributed by atoms with Gasteiger partial charge in [-0.2, -0.15) is 0 Å². The molecule has 1 heterocycles. The van der Waals surface area contributed by atoms with E-state index in [4.69, 9.17) is 0 Å². The predicted molar refractivity (Wildman–Crippen MR) is 103 cm³/mol. The van der Waals surface area contributed by atoms with Crippen molar-refractivity contribution in [3.8, 4) is 0 Å². The van der Waals surface area contributed by atoms with E-state index in [0.717, 1.165) is 29.7 Å². The van der Waals surface area contributed by atoms with Gasteiger partial charge in [-0.05, 0) is 36.1 Å². The Morgan fingerprint density at radius 1 is 1.00 bits per heavy atom. The summed E-state index contributed by atoms with van der Waals surface area (Å²) in [6.07, 6.45) is 1.96. The van der Waals surface area contributed by atoms with Gasteiger partial charge in [0.2, 0.25) is 11.8 Å². The Bertz CT molecular complexity index is 820. The second-order valence-corrected chi connectivity index (χ2v) is 7.20. The molecule has 140 valence electrons. The number of hydrogen-bond donors (Lipinski definition) is 4. The van der Waals surface area contributed by atoms with Gasteiger partial charge in [-0.1, -0.05) is 42.5 Å². The highest BCUT2D eigenvalue weighted by Crippen LogP contribution is 2.30. The quantitative estimate of drug-likeness (QED) is 0.633. The topological polar surface area (TPSA) is 82.3 Å². The fourth-order valence-electron chi connectivity index (χ4n) is 3.39. The largest absolute Gasteiger partial charge is 0.352 e. The molecule has 4 rings (SSSR count). The lowest BCUT2D eigenvalue weighted by molar-refractivity contribution is -0.125. The molecular formula is C21H24N4O2. The van der Waals surface area contributed by atoms with Crippen molar-refractivity contribution in [3.63, 3.8) is 0 Å². The van der Waals surface area contributed by atoms with E-state index in [9.17, 15) is 9.59 Å². The molecule has 0 aromatic heterocycles. The van der Waals surface area contributed by atoms with Gasteiger partial charge in [-0.15, -0.1) is 0 Å². The highest BCUT2D eigenvalue weighted by Gasteiger charge is 2.33. The SMILES string of the molecule is O=C(Nc1cccc(CNC(=O)C2CNNC2c2ccccc2)c1)C1CC1. The third kappa shape index (κ3) is 4.35. The van der Waals surface area contributed by atoms with Crippen molar-refractivity contribution in [3.05, 3.63) is 65.7 Å². The van der Waals surface area contributed by atoms with E-state index in [0.29, 0.717) is 13.1 Å². The average Bonchev–Trinajstić information content (AvgIpc) is 3.44. The summed E-state index contributed by atoms with van der Waals surface area (Å²) in [5.74, 6) is 0.0922. The van der Waals surface area contributed by atoms with E-state index >= 15 is 0 Å². The molecule has 1 saturated heterocycles. The van der Waals surface area contributed by atoms with Gasteiger partial charge in [0.25, 0.3) is 0 Å². The summed E-state index contributed by atoms with van der Waals surface area (Å²) < 4.78 is 0. The van der Waals surface area contributed by atoms with Crippen LogP contribution in [0, 0.1) is 11.8 Å². The molecule has 2 aromatic carbocycles. The standard InChI is InChI=1S/C21H24N4O2/c26-20(16-9-10-16)24-17-8-4-5-14(11-17)12-22-21(27)18-13-23-25-19(18)15-6-2-1-3-7-15/h1-8,11,16,18-19,23,25H,9-10,12-13H2,(H,22,27)(H,24,26). The Labute approximate surface area is 158 Å². The van der Waals surface area contributed by atoms with Crippen LogP contribution in [0.25, 0.3) is 0 Å². The van der Waals surface area contributed by atoms with Crippen molar-refractivity contribution in [2.45, 2.75) is 25.4 Å². The van der Waals surface area contributed by atoms with Gasteiger partial charge in [-0.3, -0.25) is 15.0 Å². The van der Waals surface area contributed by atoms with E-state index in [1.54, 1.807) is 0 Å². The zero-order valence-electron chi connectivity index (χ0n) is 15.1. The maximum absolute atomic E-state index is 12.7. The van der Waals surface area contributed by atoms with Gasteiger partial charge in [0.1, 0.15) is 0 Å². The van der Waals surface area contributed by atoms with Crippen LogP contribution in [0.5, 0.6) is 0 Å². The van der Waals surface area contributed by atoms with Gasteiger partial charge in [0.05, 0.1) is 12.0 Å². The van der Waals surface area contributed by atoms with Crippen molar-refractivity contribution >= 4 is 17.5 Å². The smallest absolute Gasteiger partial charge is 0.227 e. The fourth-order valence-corrected chi connectivity index (χ4v) is 3.39. The Morgan fingerprint density at radius 3 is 2.59 bits per heavy atom. The lowest BCUT2D eigenvalue weighted by Gasteiger charge is -2.18. The minimum Gasteiger partial charge on any atom is -0.352 e. The first-order valence-corrected chi connectivity index (χ1v) is 9.41. The summed E-state index contributed by atoms with van der Waals surface area (Å²) in [7, 11) is 0. The van der Waals surface area contributed by atoms with Crippen LogP contribution in [0.15, 0.2) is 54.6 Å². The molecule has 2 amide bonds. The molecule has 2 unspecified atom stereocenters. The van der Waals surface area contributed by atoms with E-state index in [1.165, 1.54) is 0 Å². The number of carbonyl (C=O) groups is 2. The molecule has 2 aliphatic rings. The molecule has 2 atom stereocenters. The fraction of sp³-hybridized carbons (Fsp3) is 0.333. The Kier molecular flexibility index (Phi) is 5.18. The van der Waals surface area contributed by atoms with E-state index in [1.807, 2.05) is 54.6 Å². The lowest BCUT2D eigenvalue weighted by Crippen LogP contribution is -2.34. The van der Waals surface area contributed by atoms with Gasteiger partial charge in [-0.25, -0.2) is 5.43 Å². The first kappa shape index (κ1) is 17.7. The molecule has 1 aliphatic carbocycles. The minimum atomic E-state index is -0.176. The van der Waals surface area contributed by atoms with Crippen molar-refractivity contribution in [2.24, 2.45) is 11.8 Å². The van der Waals surface area contributed by atoms with Crippen molar-refractivity contribution < 1.29 is 9.59 Å². The summed E-state index contributed by atoms with van der Waals surface area (Å²) in [6.45, 7) is 1.02. The third-order valence-electron chi connectivity index (χ3n) is 5.09. The molecule has 1 saturated carbocycles. The van der Waals surface area contributed by atoms with Crippen LogP contribution in [0.2, 0.25) is 0 Å². The number of nitrogens with one attached hydrogen (secondary N) is 4. The second-order valence-electron chi connectivity index (χ2n) is 7.20. The average molecular weight is 364 g/mol. The maximum Gasteiger partial charge on any atom is 0.227 e. The molecule has 27 heavy (non-hydrogen) atoms. The molecule has 2 fully saturated rings. The number of benzene rings is 2. The lowest BCUT2D eigenvalue weighted by atomic mass is 9.94. The van der Waals surface area contributed by atoms with Crippen LogP contribution in [0.1, 0.15) is 30.0 Å². The van der Waals surface area contributed by atoms with E-state index < -0.39 is 0 Å². The molecule has 0 bridgehead atoms. The summed E-state index contributed by atoms with van der Waals surface area (Å²) >= 11 is 0. The summed E-state index contributed by atoms with van der Waals surface area (Å²) in [5, 5.41) is 5.97. The highest BCUT2D eigenvalue weighted by molar-refractivity contribution is 5.94. The summed E-state index contributed by atoms with van der Waals surface area (Å²) in [5.41, 5.74) is 9.12. The van der Waals surface area contributed by atoms with E-state index in [-0.39, 0.29) is 29.7 Å². The van der Waals surface area contributed by atoms with Crippen LogP contribution in [0.3, 0.4) is 0 Å². The predicted octanol–water partition coefficient (Wildman–Crippen LogP) is 2.12. The number of hydrazine groups is 1. The van der Waals surface area contributed by atoms with Crippen molar-refractivity contribution in [1.82, 2.24) is 16.2 Å². The number of hydrogen-bond acceptors (Lipinski definition) is 4. The molecule has 6 nitrogen and oxygen atoms in total. The molecule has 4 N–H and O–H groups in total. The van der Waals surface area contributed by atoms with Gasteiger partial charge >= 0.3 is 0 Å². The van der Waals surface area contributed by atoms with Gasteiger partial charge < -0.3 is 10.6 Å². The minimum absolute atomic E-state index is 0.00812. The molecule has 0 radical (unpaired) electrons. The third-order valence-corrected chi connectivity index (χ3v) is 5.09. The van der Waals surface area contributed by atoms with E-state index in [2.05, 4.69) is 21.5 Å². The molecule has 2 aromatic rings. The number of anilines is 1. The van der Waals surface area contributed by atoms with Gasteiger partial charge in [0, 0.05) is 24.7 Å². The summed E-state index contributed by atoms with van der Waals surface area (Å²) in [4.78, 5) is 24.6. The molecular weight excluding hydrogens is 340 g/mol. The van der Waals surface area contributed by atoms with Crippen molar-refractivity contribution in [1.29, 1.82) is 0 Å². The second kappa shape index (κ2) is 7.90. The normalized spacial score (nSPS) is 21.6. The van der Waals surface area contributed by atoms with Crippen molar-refractivity contribution in [2.75, 3.05) is 11.9 Å². The zero-order valence-corrected chi connectivity index (χ0v) is 15.1. The Hall–Kier alpha value is -2.70. The van der Waals surface area contributed by atoms with Crippen LogP contribution in [-0.4, -0.2) is 18.4 Å². The van der Waals surface area contributed by atoms with Crippen LogP contribution in [-0.2, 0) is 16.1 Å². The van der Waals surface area contributed by atoms with Crippen LogP contribution >= 0.6 is 0 Å². The van der Waals surface area contributed by atoms with Crippen LogP contribution in [0.4, 0.5) is 5.69 Å². The zero-order chi connectivity index (χ0) is 18.6. The number of carbonyl (C=O) groups excluding carboxylic acids is 2. The molecule has 6 heteroatoms. The first-order chi connectivity index (χ1) is 13.2. The maximum atomic E-state index is 12.7. The highest BCUT2D eigenvalue weighted by atomic mass is 16.2. The van der Waals surface area contributed by atoms with Crippen LogP contribution < -0.4 is 21.5 Å². The number of amides is 2. The Balaban J connectivity index is 1.35.